The van der Waals surface area contributed by atoms with Gasteiger partial charge in [-0.1, -0.05) is 0 Å². The molecule has 2 N–H and O–H groups in total. The molecule has 2 fully saturated rings. The monoisotopic (exact) mass is 320 g/mol. The van der Waals surface area contributed by atoms with Crippen molar-refractivity contribution in [2.75, 3.05) is 19.7 Å². The van der Waals surface area contributed by atoms with Crippen LogP contribution in [0.15, 0.2) is 0 Å². The molecule has 8 heteroatoms. The number of carboxylic acid groups (broad SMARTS) is 1. The van der Waals surface area contributed by atoms with Crippen molar-refractivity contribution in [3.05, 3.63) is 0 Å². The van der Waals surface area contributed by atoms with Crippen molar-refractivity contribution in [1.82, 2.24) is 8.61 Å². The quantitative estimate of drug-likeness (QED) is 0.738. The number of rotatable bonds is 6. The van der Waals surface area contributed by atoms with Crippen molar-refractivity contribution in [2.24, 2.45) is 0 Å². The van der Waals surface area contributed by atoms with Crippen LogP contribution >= 0.6 is 0 Å². The summed E-state index contributed by atoms with van der Waals surface area (Å²) in [7, 11) is -3.73. The first-order chi connectivity index (χ1) is 9.98. The van der Waals surface area contributed by atoms with Gasteiger partial charge in [0.2, 0.25) is 0 Å². The van der Waals surface area contributed by atoms with Gasteiger partial charge in [0.25, 0.3) is 10.2 Å². The lowest BCUT2D eigenvalue weighted by atomic mass is 10.1. The van der Waals surface area contributed by atoms with Crippen LogP contribution in [-0.2, 0) is 15.0 Å². The second-order valence-corrected chi connectivity index (χ2v) is 7.57. The summed E-state index contributed by atoms with van der Waals surface area (Å²) in [5.74, 6) is -1.07. The minimum absolute atomic E-state index is 0.0475. The lowest BCUT2D eigenvalue weighted by Gasteiger charge is -2.36. The normalized spacial score (nSPS) is 28.8. The fraction of sp³-hybridized carbons (Fsp3) is 0.923. The summed E-state index contributed by atoms with van der Waals surface area (Å²) < 4.78 is 28.2. The van der Waals surface area contributed by atoms with Crippen LogP contribution in [-0.4, -0.2) is 65.0 Å². The molecule has 2 aliphatic rings. The third kappa shape index (κ3) is 3.56. The van der Waals surface area contributed by atoms with Crippen LogP contribution in [0.5, 0.6) is 0 Å². The van der Waals surface area contributed by atoms with Crippen LogP contribution in [0.25, 0.3) is 0 Å². The van der Waals surface area contributed by atoms with E-state index < -0.39 is 22.2 Å². The third-order valence-corrected chi connectivity index (χ3v) is 6.45. The molecule has 0 spiro atoms. The summed E-state index contributed by atoms with van der Waals surface area (Å²) in [5.41, 5.74) is 0. The third-order valence-electron chi connectivity index (χ3n) is 4.35. The van der Waals surface area contributed by atoms with Crippen molar-refractivity contribution < 1.29 is 23.4 Å². The molecule has 2 atom stereocenters. The van der Waals surface area contributed by atoms with Crippen molar-refractivity contribution >= 4 is 16.2 Å². The largest absolute Gasteiger partial charge is 0.480 e. The molecule has 7 nitrogen and oxygen atoms in total. The first-order valence-electron chi connectivity index (χ1n) is 7.60. The van der Waals surface area contributed by atoms with Crippen LogP contribution in [0.2, 0.25) is 0 Å². The van der Waals surface area contributed by atoms with Crippen LogP contribution in [0.4, 0.5) is 0 Å². The summed E-state index contributed by atoms with van der Waals surface area (Å²) in [6, 6.07) is -1.05. The molecule has 0 bridgehead atoms. The number of hydrogen-bond donors (Lipinski definition) is 2. The zero-order chi connectivity index (χ0) is 15.5. The maximum absolute atomic E-state index is 12.8. The summed E-state index contributed by atoms with van der Waals surface area (Å²) in [6.45, 7) is 0.773. The van der Waals surface area contributed by atoms with Crippen LogP contribution in [0, 0.1) is 0 Å². The van der Waals surface area contributed by atoms with Crippen LogP contribution in [0.3, 0.4) is 0 Å². The van der Waals surface area contributed by atoms with Gasteiger partial charge in [-0.05, 0) is 44.9 Å². The average molecular weight is 320 g/mol. The fourth-order valence-electron chi connectivity index (χ4n) is 3.29. The lowest BCUT2D eigenvalue weighted by molar-refractivity contribution is -0.142. The molecule has 0 amide bonds. The molecular weight excluding hydrogens is 296 g/mol. The van der Waals surface area contributed by atoms with Gasteiger partial charge in [0.05, 0.1) is 0 Å². The molecule has 2 rings (SSSR count). The lowest BCUT2D eigenvalue weighted by Crippen LogP contribution is -2.54. The van der Waals surface area contributed by atoms with Crippen LogP contribution < -0.4 is 0 Å². The second-order valence-electron chi connectivity index (χ2n) is 5.74. The minimum atomic E-state index is -3.73. The molecule has 21 heavy (non-hydrogen) atoms. The van der Waals surface area contributed by atoms with Crippen molar-refractivity contribution in [3.63, 3.8) is 0 Å². The van der Waals surface area contributed by atoms with Gasteiger partial charge in [0.15, 0.2) is 0 Å². The highest BCUT2D eigenvalue weighted by Crippen LogP contribution is 2.30. The number of carboxylic acids is 1. The predicted octanol–water partition coefficient (Wildman–Crippen LogP) is 0.407. The molecule has 2 saturated heterocycles. The van der Waals surface area contributed by atoms with E-state index in [0.29, 0.717) is 32.2 Å². The predicted molar refractivity (Wildman–Crippen MR) is 76.9 cm³/mol. The molecule has 0 aromatic rings. The average Bonchev–Trinajstić information content (AvgIpc) is 2.94. The summed E-state index contributed by atoms with van der Waals surface area (Å²) in [4.78, 5) is 11.3. The number of aliphatic carboxylic acids is 1. The second kappa shape index (κ2) is 7.04. The van der Waals surface area contributed by atoms with Gasteiger partial charge in [-0.15, -0.1) is 0 Å². The van der Waals surface area contributed by atoms with Gasteiger partial charge < -0.3 is 10.2 Å². The van der Waals surface area contributed by atoms with E-state index in [4.69, 9.17) is 5.11 Å². The van der Waals surface area contributed by atoms with E-state index in [0.717, 1.165) is 23.6 Å². The van der Waals surface area contributed by atoms with Gasteiger partial charge in [0, 0.05) is 25.7 Å². The number of hydrogen-bond acceptors (Lipinski definition) is 4. The summed E-state index contributed by atoms with van der Waals surface area (Å²) in [6.07, 6.45) is 4.60. The highest BCUT2D eigenvalue weighted by molar-refractivity contribution is 7.86. The SMILES string of the molecule is O=C(O)C1CCCCN1S(=O)(=O)N1CCCC1CCCO. The highest BCUT2D eigenvalue weighted by atomic mass is 32.2. The molecule has 0 aromatic carbocycles. The molecule has 0 radical (unpaired) electrons. The Morgan fingerprint density at radius 1 is 1.10 bits per heavy atom. The Morgan fingerprint density at radius 2 is 1.81 bits per heavy atom. The van der Waals surface area contributed by atoms with E-state index in [9.17, 15) is 18.3 Å². The summed E-state index contributed by atoms with van der Waals surface area (Å²) >= 11 is 0. The zero-order valence-corrected chi connectivity index (χ0v) is 13.0. The topological polar surface area (TPSA) is 98.2 Å². The molecule has 2 aliphatic heterocycles. The van der Waals surface area contributed by atoms with Crippen molar-refractivity contribution in [3.8, 4) is 0 Å². The van der Waals surface area contributed by atoms with Crippen molar-refractivity contribution in [2.45, 2.75) is 57.0 Å². The van der Waals surface area contributed by atoms with E-state index in [-0.39, 0.29) is 19.2 Å². The number of carbonyl (C=O) groups is 1. The Bertz CT molecular complexity index is 467. The zero-order valence-electron chi connectivity index (χ0n) is 12.1. The molecular formula is C13H24N2O5S. The maximum Gasteiger partial charge on any atom is 0.322 e. The number of aliphatic hydroxyl groups excluding tert-OH is 1. The van der Waals surface area contributed by atoms with Crippen molar-refractivity contribution in [1.29, 1.82) is 0 Å². The fourth-order valence-corrected chi connectivity index (χ4v) is 5.38. The Kier molecular flexibility index (Phi) is 5.59. The van der Waals surface area contributed by atoms with Gasteiger partial charge in [0.1, 0.15) is 6.04 Å². The number of nitrogens with zero attached hydrogens (tertiary/aromatic N) is 2. The Balaban J connectivity index is 2.17. The molecule has 2 unspecified atom stereocenters. The first-order valence-corrected chi connectivity index (χ1v) is 9.00. The van der Waals surface area contributed by atoms with Gasteiger partial charge in [-0.2, -0.15) is 17.0 Å². The Morgan fingerprint density at radius 3 is 2.48 bits per heavy atom. The van der Waals surface area contributed by atoms with Gasteiger partial charge in [-0.3, -0.25) is 4.79 Å². The van der Waals surface area contributed by atoms with Gasteiger partial charge >= 0.3 is 5.97 Å². The smallest absolute Gasteiger partial charge is 0.322 e. The highest BCUT2D eigenvalue weighted by Gasteiger charge is 2.43. The van der Waals surface area contributed by atoms with E-state index in [2.05, 4.69) is 0 Å². The Labute approximate surface area is 125 Å². The number of piperidine rings is 1. The molecule has 122 valence electrons. The van der Waals surface area contributed by atoms with E-state index in [1.807, 2.05) is 0 Å². The standard InChI is InChI=1S/C13H24N2O5S/c16-10-4-6-11-5-3-9-14(11)21(19,20)15-8-2-1-7-12(15)13(17)18/h11-12,16H,1-10H2,(H,17,18). The number of aliphatic hydroxyl groups is 1. The Hall–Kier alpha value is -0.700. The van der Waals surface area contributed by atoms with E-state index in [1.165, 1.54) is 4.31 Å². The molecule has 0 aromatic heterocycles. The summed E-state index contributed by atoms with van der Waals surface area (Å²) in [5, 5.41) is 18.2. The molecule has 0 saturated carbocycles. The minimum Gasteiger partial charge on any atom is -0.480 e. The van der Waals surface area contributed by atoms with E-state index >= 15 is 0 Å². The van der Waals surface area contributed by atoms with Gasteiger partial charge in [-0.25, -0.2) is 0 Å². The maximum atomic E-state index is 12.8. The first kappa shape index (κ1) is 16.7. The molecule has 0 aliphatic carbocycles. The van der Waals surface area contributed by atoms with E-state index in [1.54, 1.807) is 0 Å². The van der Waals surface area contributed by atoms with Crippen LogP contribution in [0.1, 0.15) is 44.9 Å². The molecule has 2 heterocycles.